The van der Waals surface area contributed by atoms with E-state index in [4.69, 9.17) is 4.74 Å². The molecule has 5 aromatic rings. The van der Waals surface area contributed by atoms with E-state index >= 15 is 0 Å². The molecule has 5 aromatic carbocycles. The van der Waals surface area contributed by atoms with Crippen molar-refractivity contribution in [3.8, 4) is 5.75 Å². The number of esters is 1. The third-order valence-electron chi connectivity index (χ3n) is 5.51. The standard InChI is InChI=1S/C29H20N2O3/c32-28(23-17-16-20-8-1-2-10-22(20)18-23)31-30-19-24-11-4-6-15-27(24)34-29(33)26-14-7-12-21-9-3-5-13-25(21)26/h1-19H,(H,31,32)/b30-19-. The number of rotatable bonds is 5. The summed E-state index contributed by atoms with van der Waals surface area (Å²) in [7, 11) is 0. The molecule has 0 aliphatic heterocycles. The summed E-state index contributed by atoms with van der Waals surface area (Å²) >= 11 is 0. The van der Waals surface area contributed by atoms with E-state index in [-0.39, 0.29) is 5.91 Å². The number of carbonyl (C=O) groups is 2. The van der Waals surface area contributed by atoms with Crippen LogP contribution in [0.25, 0.3) is 21.5 Å². The number of nitrogens with zero attached hydrogens (tertiary/aromatic N) is 1. The predicted molar refractivity (Wildman–Crippen MR) is 134 cm³/mol. The van der Waals surface area contributed by atoms with Gasteiger partial charge >= 0.3 is 5.97 Å². The largest absolute Gasteiger partial charge is 0.422 e. The molecule has 0 unspecified atom stereocenters. The van der Waals surface area contributed by atoms with Gasteiger partial charge in [0.15, 0.2) is 0 Å². The number of fused-ring (bicyclic) bond motifs is 2. The van der Waals surface area contributed by atoms with E-state index < -0.39 is 5.97 Å². The van der Waals surface area contributed by atoms with Crippen LogP contribution in [-0.2, 0) is 0 Å². The Morgan fingerprint density at radius 2 is 1.41 bits per heavy atom. The van der Waals surface area contributed by atoms with E-state index in [0.29, 0.717) is 22.4 Å². The van der Waals surface area contributed by atoms with Crippen LogP contribution in [0.2, 0.25) is 0 Å². The van der Waals surface area contributed by atoms with E-state index in [1.807, 2.05) is 78.9 Å². The molecule has 34 heavy (non-hydrogen) atoms. The van der Waals surface area contributed by atoms with Crippen molar-refractivity contribution >= 4 is 39.6 Å². The fourth-order valence-electron chi connectivity index (χ4n) is 3.79. The van der Waals surface area contributed by atoms with Crippen LogP contribution in [0.3, 0.4) is 0 Å². The van der Waals surface area contributed by atoms with Gasteiger partial charge in [-0.15, -0.1) is 0 Å². The lowest BCUT2D eigenvalue weighted by atomic mass is 10.0. The topological polar surface area (TPSA) is 67.8 Å². The van der Waals surface area contributed by atoms with Crippen LogP contribution in [0, 0.1) is 0 Å². The molecule has 0 spiro atoms. The Morgan fingerprint density at radius 3 is 2.29 bits per heavy atom. The number of carbonyl (C=O) groups excluding carboxylic acids is 2. The normalized spacial score (nSPS) is 11.1. The molecule has 0 aliphatic carbocycles. The minimum atomic E-state index is -0.460. The molecule has 0 saturated carbocycles. The molecule has 5 heteroatoms. The Balaban J connectivity index is 1.32. The van der Waals surface area contributed by atoms with Crippen LogP contribution in [-0.4, -0.2) is 18.1 Å². The molecular weight excluding hydrogens is 424 g/mol. The van der Waals surface area contributed by atoms with Crippen molar-refractivity contribution in [2.45, 2.75) is 0 Å². The Hall–Kier alpha value is -4.77. The number of ether oxygens (including phenoxy) is 1. The molecule has 0 fully saturated rings. The van der Waals surface area contributed by atoms with E-state index in [9.17, 15) is 9.59 Å². The summed E-state index contributed by atoms with van der Waals surface area (Å²) in [5.74, 6) is -0.436. The van der Waals surface area contributed by atoms with Crippen LogP contribution in [0.15, 0.2) is 114 Å². The number of amides is 1. The van der Waals surface area contributed by atoms with E-state index in [2.05, 4.69) is 10.5 Å². The fourth-order valence-corrected chi connectivity index (χ4v) is 3.79. The molecule has 0 heterocycles. The molecule has 0 radical (unpaired) electrons. The second kappa shape index (κ2) is 9.38. The third-order valence-corrected chi connectivity index (χ3v) is 5.51. The number of hydrogen-bond acceptors (Lipinski definition) is 4. The Labute approximate surface area is 196 Å². The highest BCUT2D eigenvalue weighted by Crippen LogP contribution is 2.22. The van der Waals surface area contributed by atoms with Crippen molar-refractivity contribution in [2.75, 3.05) is 0 Å². The first-order valence-electron chi connectivity index (χ1n) is 10.8. The maximum absolute atomic E-state index is 12.9. The van der Waals surface area contributed by atoms with E-state index in [0.717, 1.165) is 21.5 Å². The van der Waals surface area contributed by atoms with Crippen LogP contribution >= 0.6 is 0 Å². The van der Waals surface area contributed by atoms with Gasteiger partial charge in [0.05, 0.1) is 11.8 Å². The highest BCUT2D eigenvalue weighted by atomic mass is 16.5. The molecule has 164 valence electrons. The van der Waals surface area contributed by atoms with Crippen molar-refractivity contribution < 1.29 is 14.3 Å². The highest BCUT2D eigenvalue weighted by Gasteiger charge is 2.14. The van der Waals surface area contributed by atoms with Gasteiger partial charge in [0.2, 0.25) is 0 Å². The van der Waals surface area contributed by atoms with E-state index in [1.54, 1.807) is 30.3 Å². The molecule has 0 aromatic heterocycles. The lowest BCUT2D eigenvalue weighted by Crippen LogP contribution is -2.17. The molecule has 1 N–H and O–H groups in total. The summed E-state index contributed by atoms with van der Waals surface area (Å²) in [6, 6.07) is 33.5. The van der Waals surface area contributed by atoms with Crippen molar-refractivity contribution in [3.63, 3.8) is 0 Å². The summed E-state index contributed by atoms with van der Waals surface area (Å²) in [6.07, 6.45) is 1.46. The Bertz CT molecular complexity index is 1550. The van der Waals surface area contributed by atoms with Gasteiger partial charge < -0.3 is 4.74 Å². The van der Waals surface area contributed by atoms with Gasteiger partial charge in [-0.3, -0.25) is 4.79 Å². The molecule has 0 saturated heterocycles. The number of hydrazone groups is 1. The van der Waals surface area contributed by atoms with Gasteiger partial charge in [-0.25, -0.2) is 10.2 Å². The average molecular weight is 444 g/mol. The Morgan fingerprint density at radius 1 is 0.706 bits per heavy atom. The zero-order valence-corrected chi connectivity index (χ0v) is 18.1. The van der Waals surface area contributed by atoms with Crippen LogP contribution in [0.5, 0.6) is 5.75 Å². The molecule has 5 nitrogen and oxygen atoms in total. The van der Waals surface area contributed by atoms with Crippen LogP contribution in [0.1, 0.15) is 26.3 Å². The van der Waals surface area contributed by atoms with Crippen molar-refractivity contribution in [1.82, 2.24) is 5.43 Å². The third kappa shape index (κ3) is 4.40. The van der Waals surface area contributed by atoms with Gasteiger partial charge in [-0.05, 0) is 51.9 Å². The summed E-state index contributed by atoms with van der Waals surface area (Å²) < 4.78 is 5.69. The summed E-state index contributed by atoms with van der Waals surface area (Å²) in [5, 5.41) is 7.89. The SMILES string of the molecule is O=C(N/N=C\c1ccccc1OC(=O)c1cccc2ccccc12)c1ccc2ccccc2c1. The minimum Gasteiger partial charge on any atom is -0.422 e. The van der Waals surface area contributed by atoms with Crippen LogP contribution < -0.4 is 10.2 Å². The monoisotopic (exact) mass is 444 g/mol. The number of benzene rings is 5. The van der Waals surface area contributed by atoms with Gasteiger partial charge in [-0.1, -0.05) is 78.9 Å². The zero-order chi connectivity index (χ0) is 23.3. The average Bonchev–Trinajstić information content (AvgIpc) is 2.89. The summed E-state index contributed by atoms with van der Waals surface area (Å²) in [5.41, 5.74) is 4.09. The van der Waals surface area contributed by atoms with Crippen molar-refractivity contribution in [2.24, 2.45) is 5.10 Å². The predicted octanol–water partition coefficient (Wildman–Crippen LogP) is 5.98. The summed E-state index contributed by atoms with van der Waals surface area (Å²) in [6.45, 7) is 0. The van der Waals surface area contributed by atoms with Gasteiger partial charge in [0, 0.05) is 11.1 Å². The first kappa shape index (κ1) is 21.1. The minimum absolute atomic E-state index is 0.327. The molecule has 0 aliphatic rings. The summed E-state index contributed by atoms with van der Waals surface area (Å²) in [4.78, 5) is 25.5. The second-order valence-electron chi connectivity index (χ2n) is 7.72. The fraction of sp³-hybridized carbons (Fsp3) is 0. The van der Waals surface area contributed by atoms with Crippen molar-refractivity contribution in [1.29, 1.82) is 0 Å². The molecular formula is C29H20N2O3. The van der Waals surface area contributed by atoms with Crippen molar-refractivity contribution in [3.05, 3.63) is 126 Å². The number of nitrogens with one attached hydrogen (secondary N) is 1. The van der Waals surface area contributed by atoms with Gasteiger partial charge in [0.1, 0.15) is 5.75 Å². The van der Waals surface area contributed by atoms with E-state index in [1.165, 1.54) is 6.21 Å². The first-order chi connectivity index (χ1) is 16.7. The van der Waals surface area contributed by atoms with Gasteiger partial charge in [0.25, 0.3) is 5.91 Å². The maximum atomic E-state index is 12.9. The quantitative estimate of drug-likeness (QED) is 0.157. The van der Waals surface area contributed by atoms with Crippen LogP contribution in [0.4, 0.5) is 0 Å². The Kier molecular flexibility index (Phi) is 5.82. The lowest BCUT2D eigenvalue weighted by Gasteiger charge is -2.09. The molecule has 0 bridgehead atoms. The molecule has 1 amide bonds. The molecule has 5 rings (SSSR count). The number of para-hydroxylation sites is 1. The first-order valence-corrected chi connectivity index (χ1v) is 10.8. The second-order valence-corrected chi connectivity index (χ2v) is 7.72. The lowest BCUT2D eigenvalue weighted by molar-refractivity contribution is 0.0736. The molecule has 0 atom stereocenters. The maximum Gasteiger partial charge on any atom is 0.344 e. The smallest absolute Gasteiger partial charge is 0.344 e. The highest BCUT2D eigenvalue weighted by molar-refractivity contribution is 6.05. The number of hydrogen-bond donors (Lipinski definition) is 1. The zero-order valence-electron chi connectivity index (χ0n) is 18.1. The van der Waals surface area contributed by atoms with Gasteiger partial charge in [-0.2, -0.15) is 5.10 Å².